The molecule has 0 spiro atoms. The van der Waals surface area contributed by atoms with Crippen LogP contribution in [0.2, 0.25) is 0 Å². The van der Waals surface area contributed by atoms with Crippen molar-refractivity contribution in [3.05, 3.63) is 0 Å². The van der Waals surface area contributed by atoms with Gasteiger partial charge in [-0.2, -0.15) is 0 Å². The van der Waals surface area contributed by atoms with E-state index >= 15 is 0 Å². The number of nitrogens with one attached hydrogen (secondary N) is 1. The first-order valence-electron chi connectivity index (χ1n) is 7.23. The second-order valence-electron chi connectivity index (χ2n) is 7.40. The van der Waals surface area contributed by atoms with Crippen LogP contribution in [0.25, 0.3) is 0 Å². The van der Waals surface area contributed by atoms with Crippen LogP contribution in [0.3, 0.4) is 0 Å². The molecule has 0 aromatic carbocycles. The lowest BCUT2D eigenvalue weighted by molar-refractivity contribution is 0.111. The summed E-state index contributed by atoms with van der Waals surface area (Å²) in [6, 6.07) is 0.441. The average Bonchev–Trinajstić information content (AvgIpc) is 2.74. The lowest BCUT2D eigenvalue weighted by Gasteiger charge is -2.43. The molecule has 2 aliphatic carbocycles. The molecule has 3 atom stereocenters. The minimum absolute atomic E-state index is 0.188. The van der Waals surface area contributed by atoms with Crippen molar-refractivity contribution in [2.45, 2.75) is 46.1 Å². The standard InChI is InChI=1S/C14H28N2O2S/c1-13(2)11-6-7-14(3,10-11)12(13)15-8-9-19(17,18)16(4)5/h11-12,15H,6-10H2,1-5H3. The zero-order valence-corrected chi connectivity index (χ0v) is 13.7. The molecule has 2 saturated carbocycles. The normalized spacial score (nSPS) is 37.2. The summed E-state index contributed by atoms with van der Waals surface area (Å²) in [5.74, 6) is 0.980. The van der Waals surface area contributed by atoms with Crippen LogP contribution < -0.4 is 5.32 Å². The van der Waals surface area contributed by atoms with E-state index in [1.54, 1.807) is 14.1 Å². The van der Waals surface area contributed by atoms with E-state index in [1.165, 1.54) is 23.6 Å². The van der Waals surface area contributed by atoms with Gasteiger partial charge in [0.2, 0.25) is 10.0 Å². The fourth-order valence-electron chi connectivity index (χ4n) is 4.33. The summed E-state index contributed by atoms with van der Waals surface area (Å²) in [4.78, 5) is 0. The Bertz CT molecular complexity index is 440. The van der Waals surface area contributed by atoms with Gasteiger partial charge in [0.1, 0.15) is 0 Å². The molecule has 1 N–H and O–H groups in total. The maximum absolute atomic E-state index is 11.8. The lowest BCUT2D eigenvalue weighted by atomic mass is 9.68. The molecular weight excluding hydrogens is 260 g/mol. The van der Waals surface area contributed by atoms with Gasteiger partial charge in [0.25, 0.3) is 0 Å². The first-order valence-corrected chi connectivity index (χ1v) is 8.84. The largest absolute Gasteiger partial charge is 0.312 e. The smallest absolute Gasteiger partial charge is 0.214 e. The molecule has 5 heteroatoms. The quantitative estimate of drug-likeness (QED) is 0.837. The zero-order chi connectivity index (χ0) is 14.5. The van der Waals surface area contributed by atoms with Gasteiger partial charge in [0.05, 0.1) is 5.75 Å². The predicted octanol–water partition coefficient (Wildman–Crippen LogP) is 1.68. The lowest BCUT2D eigenvalue weighted by Crippen LogP contribution is -2.51. The first-order chi connectivity index (χ1) is 8.59. The fraction of sp³-hybridized carbons (Fsp3) is 1.00. The third-order valence-corrected chi connectivity index (χ3v) is 7.37. The Morgan fingerprint density at radius 3 is 2.37 bits per heavy atom. The van der Waals surface area contributed by atoms with E-state index in [1.807, 2.05) is 0 Å². The van der Waals surface area contributed by atoms with Gasteiger partial charge in [-0.15, -0.1) is 0 Å². The molecule has 0 heterocycles. The van der Waals surface area contributed by atoms with E-state index in [-0.39, 0.29) is 11.2 Å². The molecule has 0 aromatic rings. The second-order valence-corrected chi connectivity index (χ2v) is 9.70. The van der Waals surface area contributed by atoms with Crippen LogP contribution in [0.5, 0.6) is 0 Å². The third-order valence-electron chi connectivity index (χ3n) is 5.53. The molecule has 0 aromatic heterocycles. The molecule has 112 valence electrons. The Morgan fingerprint density at radius 2 is 1.89 bits per heavy atom. The maximum Gasteiger partial charge on any atom is 0.214 e. The van der Waals surface area contributed by atoms with Crippen molar-refractivity contribution < 1.29 is 8.42 Å². The van der Waals surface area contributed by atoms with Crippen molar-refractivity contribution in [2.75, 3.05) is 26.4 Å². The van der Waals surface area contributed by atoms with Gasteiger partial charge in [-0.1, -0.05) is 20.8 Å². The van der Waals surface area contributed by atoms with E-state index in [4.69, 9.17) is 0 Å². The summed E-state index contributed by atoms with van der Waals surface area (Å²) in [7, 11) is 0.102. The number of rotatable bonds is 5. The Labute approximate surface area is 118 Å². The molecule has 2 aliphatic rings. The minimum Gasteiger partial charge on any atom is -0.312 e. The number of nitrogens with zero attached hydrogens (tertiary/aromatic N) is 1. The summed E-state index contributed by atoms with van der Waals surface area (Å²) >= 11 is 0. The monoisotopic (exact) mass is 288 g/mol. The summed E-state index contributed by atoms with van der Waals surface area (Å²) in [5, 5.41) is 3.55. The SMILES string of the molecule is CN(C)S(=O)(=O)CCNC1C2(C)CCC(C2)C1(C)C. The van der Waals surface area contributed by atoms with Gasteiger partial charge in [0.15, 0.2) is 0 Å². The van der Waals surface area contributed by atoms with Crippen molar-refractivity contribution >= 4 is 10.0 Å². The van der Waals surface area contributed by atoms with Crippen molar-refractivity contribution in [3.8, 4) is 0 Å². The summed E-state index contributed by atoms with van der Waals surface area (Å²) < 4.78 is 24.9. The molecule has 2 rings (SSSR count). The van der Waals surface area contributed by atoms with Gasteiger partial charge in [-0.3, -0.25) is 0 Å². The highest BCUT2D eigenvalue weighted by atomic mass is 32.2. The van der Waals surface area contributed by atoms with Crippen LogP contribution in [-0.2, 0) is 10.0 Å². The van der Waals surface area contributed by atoms with Gasteiger partial charge < -0.3 is 5.32 Å². The van der Waals surface area contributed by atoms with Crippen LogP contribution in [0.15, 0.2) is 0 Å². The van der Waals surface area contributed by atoms with Crippen molar-refractivity contribution in [2.24, 2.45) is 16.7 Å². The number of hydrogen-bond donors (Lipinski definition) is 1. The fourth-order valence-corrected chi connectivity index (χ4v) is 5.07. The number of fused-ring (bicyclic) bond motifs is 2. The summed E-state index contributed by atoms with van der Waals surface area (Å²) in [6.07, 6.45) is 3.90. The van der Waals surface area contributed by atoms with Crippen LogP contribution >= 0.6 is 0 Å². The number of hydrogen-bond acceptors (Lipinski definition) is 3. The van der Waals surface area contributed by atoms with E-state index in [0.717, 1.165) is 5.92 Å². The molecule has 19 heavy (non-hydrogen) atoms. The molecule has 3 unspecified atom stereocenters. The van der Waals surface area contributed by atoms with Crippen LogP contribution in [0.4, 0.5) is 0 Å². The molecule has 0 amide bonds. The summed E-state index contributed by atoms with van der Waals surface area (Å²) in [5.41, 5.74) is 0.644. The van der Waals surface area contributed by atoms with Crippen LogP contribution in [-0.4, -0.2) is 45.2 Å². The highest BCUT2D eigenvalue weighted by Gasteiger charge is 2.58. The predicted molar refractivity (Wildman–Crippen MR) is 78.5 cm³/mol. The minimum atomic E-state index is -3.09. The molecule has 0 radical (unpaired) electrons. The summed E-state index contributed by atoms with van der Waals surface area (Å²) in [6.45, 7) is 7.58. The molecule has 2 bridgehead atoms. The first kappa shape index (κ1) is 15.3. The highest BCUT2D eigenvalue weighted by molar-refractivity contribution is 7.89. The topological polar surface area (TPSA) is 49.4 Å². The van der Waals surface area contributed by atoms with Crippen LogP contribution in [0, 0.1) is 16.7 Å². The molecule has 0 aliphatic heterocycles. The molecule has 4 nitrogen and oxygen atoms in total. The van der Waals surface area contributed by atoms with Gasteiger partial charge in [0, 0.05) is 26.7 Å². The Kier molecular flexibility index (Phi) is 3.78. The van der Waals surface area contributed by atoms with Crippen molar-refractivity contribution in [3.63, 3.8) is 0 Å². The Morgan fingerprint density at radius 1 is 1.26 bits per heavy atom. The highest BCUT2D eigenvalue weighted by Crippen LogP contribution is 2.62. The van der Waals surface area contributed by atoms with E-state index in [9.17, 15) is 8.42 Å². The van der Waals surface area contributed by atoms with Gasteiger partial charge in [-0.25, -0.2) is 12.7 Å². The van der Waals surface area contributed by atoms with Gasteiger partial charge in [-0.05, 0) is 36.0 Å². The number of sulfonamides is 1. The van der Waals surface area contributed by atoms with Gasteiger partial charge >= 0.3 is 0 Å². The van der Waals surface area contributed by atoms with E-state index in [0.29, 0.717) is 18.0 Å². The zero-order valence-electron chi connectivity index (χ0n) is 12.9. The Balaban J connectivity index is 1.97. The molecule has 0 saturated heterocycles. The second kappa shape index (κ2) is 4.71. The maximum atomic E-state index is 11.8. The van der Waals surface area contributed by atoms with Crippen molar-refractivity contribution in [1.82, 2.24) is 9.62 Å². The van der Waals surface area contributed by atoms with E-state index in [2.05, 4.69) is 26.1 Å². The Hall–Kier alpha value is -0.130. The molecule has 2 fully saturated rings. The van der Waals surface area contributed by atoms with Crippen LogP contribution in [0.1, 0.15) is 40.0 Å². The average molecular weight is 288 g/mol. The third kappa shape index (κ3) is 2.57. The van der Waals surface area contributed by atoms with Crippen molar-refractivity contribution in [1.29, 1.82) is 0 Å². The van der Waals surface area contributed by atoms with E-state index < -0.39 is 10.0 Å². The molecular formula is C14H28N2O2S.